The number of nitrogens with zero attached hydrogens (tertiary/aromatic N) is 4. The number of rotatable bonds is 5. The van der Waals surface area contributed by atoms with Crippen molar-refractivity contribution in [2.45, 2.75) is 19.5 Å². The minimum atomic E-state index is 0.607. The topological polar surface area (TPSA) is 64.3 Å². The van der Waals surface area contributed by atoms with Gasteiger partial charge in [-0.15, -0.1) is 0 Å². The van der Waals surface area contributed by atoms with Gasteiger partial charge in [-0.3, -0.25) is 4.90 Å². The molecule has 7 heteroatoms. The van der Waals surface area contributed by atoms with Crippen LogP contribution in [0.4, 0.5) is 0 Å². The van der Waals surface area contributed by atoms with Gasteiger partial charge in [-0.1, -0.05) is 17.7 Å². The molecule has 5 rings (SSSR count). The first-order chi connectivity index (χ1) is 14.7. The van der Waals surface area contributed by atoms with E-state index in [-0.39, 0.29) is 0 Å². The summed E-state index contributed by atoms with van der Waals surface area (Å²) in [6, 6.07) is 15.0. The lowest BCUT2D eigenvalue weighted by molar-refractivity contribution is 0.239. The second-order valence-corrected chi connectivity index (χ2v) is 7.56. The summed E-state index contributed by atoms with van der Waals surface area (Å²) >= 11 is 5.96. The van der Waals surface area contributed by atoms with Crippen LogP contribution in [0.2, 0.25) is 5.02 Å². The van der Waals surface area contributed by atoms with Crippen molar-refractivity contribution < 1.29 is 9.15 Å². The van der Waals surface area contributed by atoms with Crippen LogP contribution >= 0.6 is 11.6 Å². The van der Waals surface area contributed by atoms with Crippen LogP contribution in [0.25, 0.3) is 11.6 Å². The standard InChI is InChI=1S/C23H19ClN4O2/c24-18-5-7-19(8-6-18)30-23-16(3-1-10-25-23)14-28-11-9-20-17(15-28)13-26-22(27-20)21-4-2-12-29-21/h1-8,10,12-13H,9,11,14-15H2. The van der Waals surface area contributed by atoms with Gasteiger partial charge in [-0.25, -0.2) is 15.0 Å². The number of pyridine rings is 1. The van der Waals surface area contributed by atoms with Crippen LogP contribution in [-0.2, 0) is 19.5 Å². The summed E-state index contributed by atoms with van der Waals surface area (Å²) in [6.07, 6.45) is 6.14. The Morgan fingerprint density at radius 3 is 2.80 bits per heavy atom. The lowest BCUT2D eigenvalue weighted by atomic mass is 10.1. The van der Waals surface area contributed by atoms with Crippen molar-refractivity contribution in [3.05, 3.63) is 89.0 Å². The highest BCUT2D eigenvalue weighted by Gasteiger charge is 2.21. The molecule has 3 aromatic heterocycles. The Bertz CT molecular complexity index is 1150. The van der Waals surface area contributed by atoms with Crippen molar-refractivity contribution in [2.24, 2.45) is 0 Å². The number of ether oxygens (including phenoxy) is 1. The van der Waals surface area contributed by atoms with Gasteiger partial charge in [-0.2, -0.15) is 0 Å². The highest BCUT2D eigenvalue weighted by Crippen LogP contribution is 2.27. The normalized spacial score (nSPS) is 13.8. The molecule has 4 aromatic rings. The van der Waals surface area contributed by atoms with Crippen molar-refractivity contribution in [1.29, 1.82) is 0 Å². The summed E-state index contributed by atoms with van der Waals surface area (Å²) in [5, 5.41) is 0.674. The van der Waals surface area contributed by atoms with Crippen LogP contribution in [0.3, 0.4) is 0 Å². The highest BCUT2D eigenvalue weighted by atomic mass is 35.5. The Morgan fingerprint density at radius 2 is 1.97 bits per heavy atom. The smallest absolute Gasteiger partial charge is 0.223 e. The summed E-state index contributed by atoms with van der Waals surface area (Å²) in [4.78, 5) is 16.0. The van der Waals surface area contributed by atoms with Crippen molar-refractivity contribution in [1.82, 2.24) is 19.9 Å². The van der Waals surface area contributed by atoms with Crippen molar-refractivity contribution >= 4 is 11.6 Å². The quantitative estimate of drug-likeness (QED) is 0.447. The average Bonchev–Trinajstić information content (AvgIpc) is 3.31. The third kappa shape index (κ3) is 4.06. The Balaban J connectivity index is 1.31. The largest absolute Gasteiger partial charge is 0.461 e. The summed E-state index contributed by atoms with van der Waals surface area (Å²) in [5.74, 6) is 2.65. The zero-order chi connectivity index (χ0) is 20.3. The molecule has 1 aliphatic rings. The molecule has 150 valence electrons. The molecule has 0 saturated carbocycles. The maximum atomic E-state index is 6.00. The molecule has 0 aliphatic carbocycles. The molecular formula is C23H19ClN4O2. The molecule has 30 heavy (non-hydrogen) atoms. The highest BCUT2D eigenvalue weighted by molar-refractivity contribution is 6.30. The van der Waals surface area contributed by atoms with Gasteiger partial charge in [0.05, 0.1) is 12.0 Å². The van der Waals surface area contributed by atoms with E-state index >= 15 is 0 Å². The van der Waals surface area contributed by atoms with Gasteiger partial charge < -0.3 is 9.15 Å². The van der Waals surface area contributed by atoms with Crippen LogP contribution < -0.4 is 4.74 Å². The molecule has 0 atom stereocenters. The van der Waals surface area contributed by atoms with Crippen LogP contribution in [0.15, 0.2) is 71.6 Å². The zero-order valence-electron chi connectivity index (χ0n) is 16.2. The van der Waals surface area contributed by atoms with E-state index in [9.17, 15) is 0 Å². The molecule has 4 heterocycles. The lowest BCUT2D eigenvalue weighted by Gasteiger charge is -2.28. The summed E-state index contributed by atoms with van der Waals surface area (Å²) in [5.41, 5.74) is 3.25. The first kappa shape index (κ1) is 18.8. The molecule has 1 aliphatic heterocycles. The van der Waals surface area contributed by atoms with Gasteiger partial charge in [0.1, 0.15) is 5.75 Å². The molecule has 0 fully saturated rings. The summed E-state index contributed by atoms with van der Waals surface area (Å²) < 4.78 is 11.4. The monoisotopic (exact) mass is 418 g/mol. The number of benzene rings is 1. The maximum Gasteiger partial charge on any atom is 0.223 e. The third-order valence-electron chi connectivity index (χ3n) is 5.03. The molecule has 0 saturated heterocycles. The third-order valence-corrected chi connectivity index (χ3v) is 5.28. The number of aromatic nitrogens is 3. The SMILES string of the molecule is Clc1ccc(Oc2ncccc2CN2CCc3nc(-c4ccco4)ncc3C2)cc1. The van der Waals surface area contributed by atoms with E-state index in [1.54, 1.807) is 24.6 Å². The molecule has 1 aromatic carbocycles. The van der Waals surface area contributed by atoms with Gasteiger partial charge in [0.25, 0.3) is 0 Å². The van der Waals surface area contributed by atoms with Gasteiger partial charge in [0.15, 0.2) is 11.6 Å². The van der Waals surface area contributed by atoms with Crippen molar-refractivity contribution in [2.75, 3.05) is 6.54 Å². The first-order valence-corrected chi connectivity index (χ1v) is 10.1. The fraction of sp³-hybridized carbons (Fsp3) is 0.174. The second-order valence-electron chi connectivity index (χ2n) is 7.13. The first-order valence-electron chi connectivity index (χ1n) is 9.73. The molecule has 0 amide bonds. The van der Waals surface area contributed by atoms with E-state index in [1.165, 1.54) is 0 Å². The Morgan fingerprint density at radius 1 is 1.07 bits per heavy atom. The number of hydrogen-bond donors (Lipinski definition) is 0. The summed E-state index contributed by atoms with van der Waals surface area (Å²) in [6.45, 7) is 2.41. The van der Waals surface area contributed by atoms with E-state index in [1.807, 2.05) is 42.6 Å². The minimum absolute atomic E-state index is 0.607. The molecule has 0 bridgehead atoms. The van der Waals surface area contributed by atoms with Gasteiger partial charge in [0, 0.05) is 54.6 Å². The fourth-order valence-corrected chi connectivity index (χ4v) is 3.65. The second kappa shape index (κ2) is 8.26. The Labute approximate surface area is 179 Å². The van der Waals surface area contributed by atoms with Crippen LogP contribution in [-0.4, -0.2) is 26.4 Å². The lowest BCUT2D eigenvalue weighted by Crippen LogP contribution is -2.31. The van der Waals surface area contributed by atoms with E-state index in [2.05, 4.69) is 14.9 Å². The Hall–Kier alpha value is -3.22. The van der Waals surface area contributed by atoms with Gasteiger partial charge in [-0.05, 0) is 42.5 Å². The molecule has 6 nitrogen and oxygen atoms in total. The molecule has 0 unspecified atom stereocenters. The molecular weight excluding hydrogens is 400 g/mol. The van der Waals surface area contributed by atoms with E-state index < -0.39 is 0 Å². The van der Waals surface area contributed by atoms with Gasteiger partial charge in [0.2, 0.25) is 5.88 Å². The average molecular weight is 419 g/mol. The maximum absolute atomic E-state index is 6.00. The minimum Gasteiger partial charge on any atom is -0.461 e. The van der Waals surface area contributed by atoms with Gasteiger partial charge >= 0.3 is 0 Å². The molecule has 0 N–H and O–H groups in total. The van der Waals surface area contributed by atoms with E-state index in [0.717, 1.165) is 42.9 Å². The number of furan rings is 1. The van der Waals surface area contributed by atoms with Crippen LogP contribution in [0, 0.1) is 0 Å². The predicted molar refractivity (Wildman–Crippen MR) is 113 cm³/mol. The summed E-state index contributed by atoms with van der Waals surface area (Å²) in [7, 11) is 0. The van der Waals surface area contributed by atoms with Crippen LogP contribution in [0.1, 0.15) is 16.8 Å². The predicted octanol–water partition coefficient (Wildman–Crippen LogP) is 5.14. The number of fused-ring (bicyclic) bond motifs is 1. The molecule has 0 radical (unpaired) electrons. The van der Waals surface area contributed by atoms with Crippen molar-refractivity contribution in [3.63, 3.8) is 0 Å². The molecule has 0 spiro atoms. The number of hydrogen-bond acceptors (Lipinski definition) is 6. The fourth-order valence-electron chi connectivity index (χ4n) is 3.53. The van der Waals surface area contributed by atoms with E-state index in [0.29, 0.717) is 28.2 Å². The van der Waals surface area contributed by atoms with Crippen LogP contribution in [0.5, 0.6) is 11.6 Å². The van der Waals surface area contributed by atoms with Crippen molar-refractivity contribution in [3.8, 4) is 23.2 Å². The number of halogens is 1. The van der Waals surface area contributed by atoms with E-state index in [4.69, 9.17) is 25.7 Å². The Kier molecular flexibility index (Phi) is 5.17. The zero-order valence-corrected chi connectivity index (χ0v) is 16.9.